The van der Waals surface area contributed by atoms with Crippen molar-refractivity contribution in [3.63, 3.8) is 0 Å². The van der Waals surface area contributed by atoms with E-state index < -0.39 is 0 Å². The van der Waals surface area contributed by atoms with E-state index in [4.69, 9.17) is 4.74 Å². The molecule has 4 saturated carbocycles. The Balaban J connectivity index is 1.50. The number of nitrogens with zero attached hydrogens (tertiary/aromatic N) is 1. The maximum absolute atomic E-state index is 5.71. The Morgan fingerprint density at radius 1 is 0.704 bits per heavy atom. The van der Waals surface area contributed by atoms with Crippen LogP contribution in [0.5, 0.6) is 0 Å². The first-order chi connectivity index (χ1) is 13.3. The van der Waals surface area contributed by atoms with Crippen molar-refractivity contribution in [2.45, 2.75) is 134 Å². The second kappa shape index (κ2) is 9.61. The molecule has 3 atom stereocenters. The maximum atomic E-state index is 5.71. The lowest BCUT2D eigenvalue weighted by Crippen LogP contribution is -2.56. The molecule has 4 aliphatic rings. The fourth-order valence-corrected chi connectivity index (χ4v) is 7.54. The summed E-state index contributed by atoms with van der Waals surface area (Å²) in [6, 6.07) is 2.66. The fourth-order valence-electron chi connectivity index (χ4n) is 7.54. The molecular weight excluding hydrogens is 330 g/mol. The molecule has 2 nitrogen and oxygen atoms in total. The topological polar surface area (TPSA) is 12.5 Å². The lowest BCUT2D eigenvalue weighted by molar-refractivity contribution is -0.0494. The zero-order valence-electron chi connectivity index (χ0n) is 18.2. The molecular formula is C25H45NO. The normalized spacial score (nSPS) is 43.4. The second-order valence-electron chi connectivity index (χ2n) is 10.4. The van der Waals surface area contributed by atoms with E-state index in [9.17, 15) is 0 Å². The molecule has 0 heterocycles. The number of methoxy groups -OCH3 is 1. The van der Waals surface area contributed by atoms with E-state index in [1.165, 1.54) is 103 Å². The highest BCUT2D eigenvalue weighted by Crippen LogP contribution is 2.46. The van der Waals surface area contributed by atoms with E-state index in [1.807, 2.05) is 7.11 Å². The fraction of sp³-hybridized carbons (Fsp3) is 1.00. The summed E-state index contributed by atoms with van der Waals surface area (Å²) >= 11 is 0. The van der Waals surface area contributed by atoms with E-state index in [2.05, 4.69) is 11.8 Å². The van der Waals surface area contributed by atoms with Gasteiger partial charge in [0.05, 0.1) is 6.10 Å². The van der Waals surface area contributed by atoms with Gasteiger partial charge in [-0.05, 0) is 82.0 Å². The van der Waals surface area contributed by atoms with Gasteiger partial charge in [0.15, 0.2) is 0 Å². The van der Waals surface area contributed by atoms with Gasteiger partial charge in [-0.3, -0.25) is 4.90 Å². The third-order valence-electron chi connectivity index (χ3n) is 9.13. The van der Waals surface area contributed by atoms with Gasteiger partial charge < -0.3 is 4.74 Å². The molecule has 0 radical (unpaired) electrons. The van der Waals surface area contributed by atoms with Crippen LogP contribution in [0.1, 0.15) is 110 Å². The van der Waals surface area contributed by atoms with Crippen molar-refractivity contribution in [3.05, 3.63) is 0 Å². The lowest BCUT2D eigenvalue weighted by atomic mass is 9.66. The molecule has 4 fully saturated rings. The highest BCUT2D eigenvalue weighted by atomic mass is 16.5. The SMILES string of the molecule is CCC1CCC(N(C2CCC(OC)CC2)C2CCCC3CCCCC32)CC1. The van der Waals surface area contributed by atoms with Crippen LogP contribution < -0.4 is 0 Å². The first-order valence-corrected chi connectivity index (χ1v) is 12.6. The first-order valence-electron chi connectivity index (χ1n) is 12.6. The van der Waals surface area contributed by atoms with Gasteiger partial charge in [-0.1, -0.05) is 45.4 Å². The van der Waals surface area contributed by atoms with Crippen LogP contribution in [0.25, 0.3) is 0 Å². The minimum absolute atomic E-state index is 0.535. The van der Waals surface area contributed by atoms with Crippen molar-refractivity contribution in [1.82, 2.24) is 4.90 Å². The molecule has 0 saturated heterocycles. The predicted octanol–water partition coefficient (Wildman–Crippen LogP) is 6.57. The van der Waals surface area contributed by atoms with E-state index in [-0.39, 0.29) is 0 Å². The summed E-state index contributed by atoms with van der Waals surface area (Å²) in [5, 5.41) is 0. The standard InChI is InChI=1S/C25H45NO/c1-3-19-11-13-21(14-12-19)26(22-15-17-23(27-2)18-16-22)25-10-6-8-20-7-4-5-9-24(20)25/h19-25H,3-18H2,1-2H3. The summed E-state index contributed by atoms with van der Waals surface area (Å²) in [5.41, 5.74) is 0. The number of hydrogen-bond donors (Lipinski definition) is 0. The van der Waals surface area contributed by atoms with Crippen LogP contribution >= 0.6 is 0 Å². The van der Waals surface area contributed by atoms with E-state index in [0.717, 1.165) is 35.9 Å². The molecule has 4 rings (SSSR count). The first kappa shape index (κ1) is 20.2. The van der Waals surface area contributed by atoms with Crippen molar-refractivity contribution >= 4 is 0 Å². The number of fused-ring (bicyclic) bond motifs is 1. The number of hydrogen-bond acceptors (Lipinski definition) is 2. The zero-order chi connectivity index (χ0) is 18.6. The molecule has 2 heteroatoms. The molecule has 156 valence electrons. The zero-order valence-corrected chi connectivity index (χ0v) is 18.2. The largest absolute Gasteiger partial charge is 0.381 e. The molecule has 0 aromatic heterocycles. The van der Waals surface area contributed by atoms with Crippen molar-refractivity contribution in [1.29, 1.82) is 0 Å². The molecule has 3 unspecified atom stereocenters. The summed E-state index contributed by atoms with van der Waals surface area (Å²) in [6.45, 7) is 2.41. The van der Waals surface area contributed by atoms with Crippen LogP contribution in [0.2, 0.25) is 0 Å². The summed E-state index contributed by atoms with van der Waals surface area (Å²) in [7, 11) is 1.92. The molecule has 4 aliphatic carbocycles. The van der Waals surface area contributed by atoms with Gasteiger partial charge in [-0.25, -0.2) is 0 Å². The van der Waals surface area contributed by atoms with Crippen molar-refractivity contribution in [2.75, 3.05) is 7.11 Å². The molecule has 0 N–H and O–H groups in total. The van der Waals surface area contributed by atoms with E-state index in [0.29, 0.717) is 6.10 Å². The Bertz CT molecular complexity index is 410. The van der Waals surface area contributed by atoms with Gasteiger partial charge in [0.25, 0.3) is 0 Å². The van der Waals surface area contributed by atoms with Crippen molar-refractivity contribution in [3.8, 4) is 0 Å². The third-order valence-corrected chi connectivity index (χ3v) is 9.13. The van der Waals surface area contributed by atoms with Gasteiger partial charge in [0.1, 0.15) is 0 Å². The molecule has 0 aromatic carbocycles. The summed E-state index contributed by atoms with van der Waals surface area (Å²) < 4.78 is 5.71. The molecule has 0 bridgehead atoms. The number of rotatable bonds is 5. The van der Waals surface area contributed by atoms with Crippen LogP contribution in [-0.4, -0.2) is 36.2 Å². The van der Waals surface area contributed by atoms with Gasteiger partial charge in [-0.2, -0.15) is 0 Å². The van der Waals surface area contributed by atoms with Gasteiger partial charge in [-0.15, -0.1) is 0 Å². The smallest absolute Gasteiger partial charge is 0.0572 e. The second-order valence-corrected chi connectivity index (χ2v) is 10.4. The van der Waals surface area contributed by atoms with E-state index in [1.54, 1.807) is 0 Å². The van der Waals surface area contributed by atoms with Gasteiger partial charge in [0, 0.05) is 25.2 Å². The predicted molar refractivity (Wildman–Crippen MR) is 114 cm³/mol. The molecule has 0 aliphatic heterocycles. The Hall–Kier alpha value is -0.0800. The van der Waals surface area contributed by atoms with Crippen LogP contribution in [0, 0.1) is 17.8 Å². The van der Waals surface area contributed by atoms with E-state index >= 15 is 0 Å². The average molecular weight is 376 g/mol. The van der Waals surface area contributed by atoms with Crippen LogP contribution in [0.3, 0.4) is 0 Å². The maximum Gasteiger partial charge on any atom is 0.0572 e. The van der Waals surface area contributed by atoms with Crippen molar-refractivity contribution in [2.24, 2.45) is 17.8 Å². The quantitative estimate of drug-likeness (QED) is 0.538. The average Bonchev–Trinajstić information content (AvgIpc) is 2.75. The lowest BCUT2D eigenvalue weighted by Gasteiger charge is -2.53. The molecule has 0 aromatic rings. The highest BCUT2D eigenvalue weighted by Gasteiger charge is 2.43. The minimum atomic E-state index is 0.535. The Morgan fingerprint density at radius 2 is 1.33 bits per heavy atom. The third kappa shape index (κ3) is 4.58. The van der Waals surface area contributed by atoms with Crippen molar-refractivity contribution < 1.29 is 4.74 Å². The Labute approximate surface area is 168 Å². The Morgan fingerprint density at radius 3 is 2.00 bits per heavy atom. The number of ether oxygens (including phenoxy) is 1. The van der Waals surface area contributed by atoms with Crippen LogP contribution in [-0.2, 0) is 4.74 Å². The minimum Gasteiger partial charge on any atom is -0.381 e. The monoisotopic (exact) mass is 375 g/mol. The molecule has 0 spiro atoms. The van der Waals surface area contributed by atoms with Gasteiger partial charge in [0.2, 0.25) is 0 Å². The summed E-state index contributed by atoms with van der Waals surface area (Å²) in [4.78, 5) is 3.18. The molecule has 0 amide bonds. The van der Waals surface area contributed by atoms with Gasteiger partial charge >= 0.3 is 0 Å². The molecule has 27 heavy (non-hydrogen) atoms. The Kier molecular flexibility index (Phi) is 7.19. The summed E-state index contributed by atoms with van der Waals surface area (Å²) in [5.74, 6) is 3.10. The summed E-state index contributed by atoms with van der Waals surface area (Å²) in [6.07, 6.45) is 23.9. The highest BCUT2D eigenvalue weighted by molar-refractivity contribution is 4.97. The van der Waals surface area contributed by atoms with Crippen LogP contribution in [0.15, 0.2) is 0 Å². The van der Waals surface area contributed by atoms with Crippen LogP contribution in [0.4, 0.5) is 0 Å².